The lowest BCUT2D eigenvalue weighted by molar-refractivity contribution is -0.173. The molecule has 0 aromatic carbocycles. The Morgan fingerprint density at radius 2 is 2.20 bits per heavy atom. The van der Waals surface area contributed by atoms with Gasteiger partial charge < -0.3 is 19.0 Å². The van der Waals surface area contributed by atoms with Crippen LogP contribution in [-0.2, 0) is 19.0 Å². The zero-order valence-electron chi connectivity index (χ0n) is 9.75. The van der Waals surface area contributed by atoms with Gasteiger partial charge in [-0.1, -0.05) is 0 Å². The van der Waals surface area contributed by atoms with Gasteiger partial charge >= 0.3 is 0 Å². The number of hydrogen-bond acceptors (Lipinski definition) is 4. The molecule has 0 aliphatic carbocycles. The number of carbonyl (C=O) groups excluding carboxylic acids is 1. The molecule has 0 bridgehead atoms. The second-order valence-electron chi connectivity index (χ2n) is 4.47. The van der Waals surface area contributed by atoms with Gasteiger partial charge in [0.25, 0.3) is 0 Å². The van der Waals surface area contributed by atoms with Gasteiger partial charge in [-0.15, -0.1) is 0 Å². The largest absolute Gasteiger partial charge is 0.382 e. The maximum absolute atomic E-state index is 10.3. The Balaban J connectivity index is 2.52. The Labute approximate surface area is 90.9 Å². The summed E-state index contributed by atoms with van der Waals surface area (Å²) in [5.41, 5.74) is -0.374. The average molecular weight is 216 g/mol. The van der Waals surface area contributed by atoms with Gasteiger partial charge in [-0.3, -0.25) is 0 Å². The summed E-state index contributed by atoms with van der Waals surface area (Å²) in [6, 6.07) is 0. The topological polar surface area (TPSA) is 44.8 Å². The predicted octanol–water partition coefficient (Wildman–Crippen LogP) is 1.52. The molecule has 0 aromatic rings. The van der Waals surface area contributed by atoms with Crippen molar-refractivity contribution in [2.45, 2.75) is 44.5 Å². The van der Waals surface area contributed by atoms with Gasteiger partial charge in [0.05, 0.1) is 13.2 Å². The van der Waals surface area contributed by atoms with Crippen molar-refractivity contribution in [3.63, 3.8) is 0 Å². The van der Waals surface area contributed by atoms with E-state index in [1.54, 1.807) is 7.11 Å². The summed E-state index contributed by atoms with van der Waals surface area (Å²) in [5, 5.41) is 0. The molecule has 1 atom stereocenters. The highest BCUT2D eigenvalue weighted by Gasteiger charge is 2.44. The molecule has 4 heteroatoms. The fourth-order valence-corrected chi connectivity index (χ4v) is 1.92. The van der Waals surface area contributed by atoms with E-state index >= 15 is 0 Å². The number of hydrogen-bond donors (Lipinski definition) is 0. The van der Waals surface area contributed by atoms with Crippen molar-refractivity contribution in [3.05, 3.63) is 0 Å². The van der Waals surface area contributed by atoms with Gasteiger partial charge in [-0.05, 0) is 26.7 Å². The van der Waals surface area contributed by atoms with E-state index in [9.17, 15) is 4.79 Å². The molecule has 1 unspecified atom stereocenters. The van der Waals surface area contributed by atoms with Crippen LogP contribution >= 0.6 is 0 Å². The van der Waals surface area contributed by atoms with Crippen molar-refractivity contribution in [1.82, 2.24) is 0 Å². The molecule has 1 rings (SSSR count). The first-order valence-corrected chi connectivity index (χ1v) is 5.30. The smallest absolute Gasteiger partial charge is 0.163 e. The Morgan fingerprint density at radius 1 is 1.47 bits per heavy atom. The van der Waals surface area contributed by atoms with Crippen molar-refractivity contribution in [3.8, 4) is 0 Å². The first kappa shape index (κ1) is 12.6. The molecule has 1 saturated heterocycles. The Kier molecular flexibility index (Phi) is 4.25. The first-order valence-electron chi connectivity index (χ1n) is 5.30. The van der Waals surface area contributed by atoms with E-state index in [0.29, 0.717) is 19.6 Å². The van der Waals surface area contributed by atoms with Gasteiger partial charge in [-0.2, -0.15) is 0 Å². The molecule has 1 aliphatic rings. The monoisotopic (exact) mass is 216 g/mol. The quantitative estimate of drug-likeness (QED) is 0.499. The molecule has 88 valence electrons. The van der Waals surface area contributed by atoms with Crippen molar-refractivity contribution in [2.75, 3.05) is 20.3 Å². The molecule has 1 heterocycles. The molecular weight excluding hydrogens is 196 g/mol. The third kappa shape index (κ3) is 3.55. The molecule has 0 radical (unpaired) electrons. The second-order valence-corrected chi connectivity index (χ2v) is 4.47. The van der Waals surface area contributed by atoms with Gasteiger partial charge in [-0.25, -0.2) is 0 Å². The van der Waals surface area contributed by atoms with Gasteiger partial charge in [0.1, 0.15) is 11.9 Å². The average Bonchev–Trinajstić information content (AvgIpc) is 2.44. The van der Waals surface area contributed by atoms with Crippen LogP contribution in [0.25, 0.3) is 0 Å². The minimum Gasteiger partial charge on any atom is -0.382 e. The maximum Gasteiger partial charge on any atom is 0.163 e. The molecule has 0 N–H and O–H groups in total. The normalized spacial score (nSPS) is 29.3. The van der Waals surface area contributed by atoms with E-state index in [0.717, 1.165) is 19.1 Å². The summed E-state index contributed by atoms with van der Waals surface area (Å²) in [7, 11) is 1.65. The fraction of sp³-hybridized carbons (Fsp3) is 0.909. The fourth-order valence-electron chi connectivity index (χ4n) is 1.92. The number of carbonyl (C=O) groups is 1. The number of rotatable bonds is 6. The van der Waals surface area contributed by atoms with Crippen LogP contribution in [0.5, 0.6) is 0 Å². The number of unbranched alkanes of at least 4 members (excludes halogenated alkanes) is 1. The molecule has 1 fully saturated rings. The highest BCUT2D eigenvalue weighted by Crippen LogP contribution is 2.34. The Morgan fingerprint density at radius 3 is 2.67 bits per heavy atom. The van der Waals surface area contributed by atoms with Gasteiger partial charge in [0.2, 0.25) is 0 Å². The lowest BCUT2D eigenvalue weighted by atomic mass is 9.99. The summed E-state index contributed by atoms with van der Waals surface area (Å²) in [4.78, 5) is 10.3. The number of aldehydes is 1. The third-order valence-electron chi connectivity index (χ3n) is 2.51. The molecular formula is C11H20O4. The minimum atomic E-state index is -0.542. The van der Waals surface area contributed by atoms with Gasteiger partial charge in [0.15, 0.2) is 5.79 Å². The van der Waals surface area contributed by atoms with E-state index in [1.165, 1.54) is 0 Å². The van der Waals surface area contributed by atoms with Crippen molar-refractivity contribution < 1.29 is 19.0 Å². The predicted molar refractivity (Wildman–Crippen MR) is 55.6 cm³/mol. The molecule has 1 aliphatic heterocycles. The lowest BCUT2D eigenvalue weighted by Crippen LogP contribution is -2.39. The summed E-state index contributed by atoms with van der Waals surface area (Å²) in [5.74, 6) is -0.542. The summed E-state index contributed by atoms with van der Waals surface area (Å²) >= 11 is 0. The zero-order valence-corrected chi connectivity index (χ0v) is 9.75. The zero-order chi connectivity index (χ0) is 11.4. The third-order valence-corrected chi connectivity index (χ3v) is 2.51. The highest BCUT2D eigenvalue weighted by atomic mass is 16.8. The number of methoxy groups -OCH3 is 1. The van der Waals surface area contributed by atoms with Crippen LogP contribution < -0.4 is 0 Å². The van der Waals surface area contributed by atoms with Crippen molar-refractivity contribution in [2.24, 2.45) is 0 Å². The van der Waals surface area contributed by atoms with E-state index in [2.05, 4.69) is 0 Å². The van der Waals surface area contributed by atoms with Crippen LogP contribution in [0.1, 0.15) is 33.1 Å². The number of ether oxygens (including phenoxy) is 3. The standard InChI is InChI=1S/C11H20O4/c1-10(2)14-9-11(15-10,8-13-3)6-4-5-7-12/h7H,4-6,8-9H2,1-3H3. The first-order chi connectivity index (χ1) is 7.04. The van der Waals surface area contributed by atoms with E-state index in [1.807, 2.05) is 13.8 Å². The minimum absolute atomic E-state index is 0.374. The molecule has 0 amide bonds. The van der Waals surface area contributed by atoms with Crippen LogP contribution in [0.4, 0.5) is 0 Å². The molecule has 15 heavy (non-hydrogen) atoms. The second kappa shape index (κ2) is 5.05. The summed E-state index contributed by atoms with van der Waals surface area (Å²) in [6.45, 7) is 4.83. The van der Waals surface area contributed by atoms with Crippen LogP contribution in [0, 0.1) is 0 Å². The molecule has 0 spiro atoms. The Hall–Kier alpha value is -0.450. The van der Waals surface area contributed by atoms with Crippen molar-refractivity contribution >= 4 is 6.29 Å². The molecule has 0 saturated carbocycles. The highest BCUT2D eigenvalue weighted by molar-refractivity contribution is 5.49. The maximum atomic E-state index is 10.3. The van der Waals surface area contributed by atoms with Crippen LogP contribution in [-0.4, -0.2) is 38.0 Å². The lowest BCUT2D eigenvalue weighted by Gasteiger charge is -2.28. The van der Waals surface area contributed by atoms with Crippen LogP contribution in [0.2, 0.25) is 0 Å². The van der Waals surface area contributed by atoms with E-state index < -0.39 is 5.79 Å². The SMILES string of the molecule is COCC1(CCCC=O)COC(C)(C)O1. The molecule has 0 aromatic heterocycles. The Bertz CT molecular complexity index is 215. The van der Waals surface area contributed by atoms with E-state index in [-0.39, 0.29) is 5.60 Å². The van der Waals surface area contributed by atoms with Crippen LogP contribution in [0.15, 0.2) is 0 Å². The van der Waals surface area contributed by atoms with Crippen LogP contribution in [0.3, 0.4) is 0 Å². The van der Waals surface area contributed by atoms with Gasteiger partial charge in [0, 0.05) is 13.5 Å². The van der Waals surface area contributed by atoms with Crippen molar-refractivity contribution in [1.29, 1.82) is 0 Å². The summed E-state index contributed by atoms with van der Waals surface area (Å²) in [6.07, 6.45) is 3.10. The van der Waals surface area contributed by atoms with E-state index in [4.69, 9.17) is 14.2 Å². The molecule has 4 nitrogen and oxygen atoms in total. The summed E-state index contributed by atoms with van der Waals surface area (Å²) < 4.78 is 16.6.